The molecule has 1 heterocycles. The molecule has 1 aliphatic heterocycles. The predicted octanol–water partition coefficient (Wildman–Crippen LogP) is 2.79. The molecule has 1 aromatic carbocycles. The maximum atomic E-state index is 5.59. The molecule has 1 fully saturated rings. The molecule has 2 nitrogen and oxygen atoms in total. The van der Waals surface area contributed by atoms with Gasteiger partial charge in [-0.25, -0.2) is 0 Å². The second kappa shape index (κ2) is 3.28. The number of hydrogen-bond donors (Lipinski definition) is 0. The molecule has 2 rings (SSSR count). The number of methoxy groups -OCH3 is 1. The molecule has 1 unspecified atom stereocenters. The Hall–Kier alpha value is -1.02. The van der Waals surface area contributed by atoms with Crippen molar-refractivity contribution < 1.29 is 9.47 Å². The van der Waals surface area contributed by atoms with Crippen molar-refractivity contribution in [2.45, 2.75) is 20.0 Å². The molecule has 0 aromatic heterocycles. The Labute approximate surface area is 84.8 Å². The maximum absolute atomic E-state index is 5.59. The molecule has 0 N–H and O–H groups in total. The average Bonchev–Trinajstić information content (AvgIpc) is 2.17. The quantitative estimate of drug-likeness (QED) is 0.717. The zero-order chi connectivity index (χ0) is 10.2. The fourth-order valence-corrected chi connectivity index (χ4v) is 1.89. The van der Waals surface area contributed by atoms with Gasteiger partial charge in [-0.05, 0) is 6.07 Å². The SMILES string of the molecule is COc1ccccc1C1OCC1(C)C. The summed E-state index contributed by atoms with van der Waals surface area (Å²) in [5, 5.41) is 0. The van der Waals surface area contributed by atoms with E-state index in [9.17, 15) is 0 Å². The third-order valence-corrected chi connectivity index (χ3v) is 2.75. The largest absolute Gasteiger partial charge is 0.496 e. The van der Waals surface area contributed by atoms with E-state index in [1.165, 1.54) is 0 Å². The molecule has 0 spiro atoms. The van der Waals surface area contributed by atoms with Gasteiger partial charge in [-0.2, -0.15) is 0 Å². The topological polar surface area (TPSA) is 18.5 Å². The van der Waals surface area contributed by atoms with E-state index in [0.29, 0.717) is 0 Å². The highest BCUT2D eigenvalue weighted by Crippen LogP contribution is 2.48. The molecule has 0 saturated carbocycles. The van der Waals surface area contributed by atoms with Gasteiger partial charge < -0.3 is 9.47 Å². The van der Waals surface area contributed by atoms with Crippen LogP contribution in [0.4, 0.5) is 0 Å². The van der Waals surface area contributed by atoms with Gasteiger partial charge in [-0.3, -0.25) is 0 Å². The van der Waals surface area contributed by atoms with Gasteiger partial charge in [0.05, 0.1) is 19.8 Å². The standard InChI is InChI=1S/C12H16O2/c1-12(2)8-14-11(12)9-6-4-5-7-10(9)13-3/h4-7,11H,8H2,1-3H3. The Morgan fingerprint density at radius 2 is 2.07 bits per heavy atom. The minimum atomic E-state index is 0.179. The van der Waals surface area contributed by atoms with Gasteiger partial charge in [-0.1, -0.05) is 32.0 Å². The number of hydrogen-bond acceptors (Lipinski definition) is 2. The Morgan fingerprint density at radius 1 is 1.36 bits per heavy atom. The number of benzene rings is 1. The van der Waals surface area contributed by atoms with Crippen LogP contribution in [-0.2, 0) is 4.74 Å². The van der Waals surface area contributed by atoms with Crippen molar-refractivity contribution >= 4 is 0 Å². The molecule has 76 valence electrons. The lowest BCUT2D eigenvalue weighted by Crippen LogP contribution is -2.40. The third-order valence-electron chi connectivity index (χ3n) is 2.75. The minimum absolute atomic E-state index is 0.179. The third kappa shape index (κ3) is 1.40. The van der Waals surface area contributed by atoms with Gasteiger partial charge in [0.25, 0.3) is 0 Å². The molecule has 1 aliphatic rings. The molecule has 1 atom stereocenters. The van der Waals surface area contributed by atoms with Crippen molar-refractivity contribution in [1.29, 1.82) is 0 Å². The van der Waals surface area contributed by atoms with Crippen LogP contribution >= 0.6 is 0 Å². The average molecular weight is 192 g/mol. The molecule has 1 aromatic rings. The molecular formula is C12H16O2. The highest BCUT2D eigenvalue weighted by molar-refractivity contribution is 5.37. The van der Waals surface area contributed by atoms with E-state index in [1.807, 2.05) is 18.2 Å². The van der Waals surface area contributed by atoms with E-state index in [4.69, 9.17) is 9.47 Å². The fourth-order valence-electron chi connectivity index (χ4n) is 1.89. The first-order chi connectivity index (χ1) is 6.65. The Morgan fingerprint density at radius 3 is 2.57 bits per heavy atom. The molecular weight excluding hydrogens is 176 g/mol. The van der Waals surface area contributed by atoms with Crippen LogP contribution in [0.15, 0.2) is 24.3 Å². The van der Waals surface area contributed by atoms with E-state index in [-0.39, 0.29) is 11.5 Å². The van der Waals surface area contributed by atoms with Crippen molar-refractivity contribution in [3.63, 3.8) is 0 Å². The summed E-state index contributed by atoms with van der Waals surface area (Å²) >= 11 is 0. The Kier molecular flexibility index (Phi) is 2.23. The van der Waals surface area contributed by atoms with Crippen LogP contribution in [0.3, 0.4) is 0 Å². The molecule has 0 radical (unpaired) electrons. The van der Waals surface area contributed by atoms with Crippen molar-refractivity contribution in [3.8, 4) is 5.75 Å². The highest BCUT2D eigenvalue weighted by Gasteiger charge is 2.42. The summed E-state index contributed by atoms with van der Waals surface area (Å²) in [6.07, 6.45) is 0.179. The lowest BCUT2D eigenvalue weighted by Gasteiger charge is -2.44. The van der Waals surface area contributed by atoms with Crippen LogP contribution < -0.4 is 4.74 Å². The van der Waals surface area contributed by atoms with Crippen LogP contribution in [0.5, 0.6) is 5.75 Å². The maximum Gasteiger partial charge on any atom is 0.124 e. The lowest BCUT2D eigenvalue weighted by atomic mass is 9.78. The van der Waals surface area contributed by atoms with Gasteiger partial charge in [0.2, 0.25) is 0 Å². The van der Waals surface area contributed by atoms with Crippen molar-refractivity contribution in [2.75, 3.05) is 13.7 Å². The van der Waals surface area contributed by atoms with Crippen molar-refractivity contribution in [3.05, 3.63) is 29.8 Å². The first-order valence-electron chi connectivity index (χ1n) is 4.90. The number of para-hydroxylation sites is 1. The van der Waals surface area contributed by atoms with E-state index in [0.717, 1.165) is 17.9 Å². The predicted molar refractivity (Wildman–Crippen MR) is 55.5 cm³/mol. The summed E-state index contributed by atoms with van der Waals surface area (Å²) in [5.41, 5.74) is 1.39. The number of rotatable bonds is 2. The van der Waals surface area contributed by atoms with Gasteiger partial charge in [0, 0.05) is 11.0 Å². The van der Waals surface area contributed by atoms with Gasteiger partial charge in [0.1, 0.15) is 5.75 Å². The van der Waals surface area contributed by atoms with Crippen LogP contribution in [0.1, 0.15) is 25.5 Å². The van der Waals surface area contributed by atoms with Crippen LogP contribution in [0.25, 0.3) is 0 Å². The first-order valence-corrected chi connectivity index (χ1v) is 4.90. The van der Waals surface area contributed by atoms with Gasteiger partial charge >= 0.3 is 0 Å². The summed E-state index contributed by atoms with van der Waals surface area (Å²) in [7, 11) is 1.70. The summed E-state index contributed by atoms with van der Waals surface area (Å²) in [5.74, 6) is 0.922. The second-order valence-electron chi connectivity index (χ2n) is 4.42. The van der Waals surface area contributed by atoms with Crippen LogP contribution in [0, 0.1) is 5.41 Å². The summed E-state index contributed by atoms with van der Waals surface area (Å²) in [6.45, 7) is 5.26. The molecule has 0 bridgehead atoms. The van der Waals surface area contributed by atoms with E-state index in [2.05, 4.69) is 19.9 Å². The highest BCUT2D eigenvalue weighted by atomic mass is 16.5. The zero-order valence-corrected chi connectivity index (χ0v) is 8.91. The normalized spacial score (nSPS) is 24.1. The van der Waals surface area contributed by atoms with Crippen molar-refractivity contribution in [1.82, 2.24) is 0 Å². The van der Waals surface area contributed by atoms with Crippen molar-refractivity contribution in [2.24, 2.45) is 5.41 Å². The fraction of sp³-hybridized carbons (Fsp3) is 0.500. The summed E-state index contributed by atoms with van der Waals surface area (Å²) < 4.78 is 10.9. The Bertz CT molecular complexity index is 331. The number of ether oxygens (including phenoxy) is 2. The monoisotopic (exact) mass is 192 g/mol. The lowest BCUT2D eigenvalue weighted by molar-refractivity contribution is -0.172. The smallest absolute Gasteiger partial charge is 0.124 e. The molecule has 0 aliphatic carbocycles. The molecule has 1 saturated heterocycles. The second-order valence-corrected chi connectivity index (χ2v) is 4.42. The first kappa shape index (κ1) is 9.53. The minimum Gasteiger partial charge on any atom is -0.496 e. The van der Waals surface area contributed by atoms with Gasteiger partial charge in [-0.15, -0.1) is 0 Å². The molecule has 2 heteroatoms. The molecule has 14 heavy (non-hydrogen) atoms. The van der Waals surface area contributed by atoms with E-state index < -0.39 is 0 Å². The van der Waals surface area contributed by atoms with Crippen LogP contribution in [0.2, 0.25) is 0 Å². The summed E-state index contributed by atoms with van der Waals surface area (Å²) in [6, 6.07) is 8.06. The zero-order valence-electron chi connectivity index (χ0n) is 8.91. The van der Waals surface area contributed by atoms with E-state index >= 15 is 0 Å². The van der Waals surface area contributed by atoms with Crippen LogP contribution in [-0.4, -0.2) is 13.7 Å². The summed E-state index contributed by atoms with van der Waals surface area (Å²) in [4.78, 5) is 0. The Balaban J connectivity index is 2.32. The molecule has 0 amide bonds. The van der Waals surface area contributed by atoms with Gasteiger partial charge in [0.15, 0.2) is 0 Å². The van der Waals surface area contributed by atoms with E-state index in [1.54, 1.807) is 7.11 Å².